The van der Waals surface area contributed by atoms with Crippen molar-refractivity contribution < 1.29 is 9.72 Å². The molecule has 1 heterocycles. The van der Waals surface area contributed by atoms with E-state index < -0.39 is 4.92 Å². The average molecular weight is 354 g/mol. The topological polar surface area (TPSA) is 111 Å². The average Bonchev–Trinajstić information content (AvgIpc) is 3.03. The van der Waals surface area contributed by atoms with Gasteiger partial charge < -0.3 is 11.1 Å². The first-order valence-corrected chi connectivity index (χ1v) is 8.24. The van der Waals surface area contributed by atoms with Crippen molar-refractivity contribution in [2.24, 2.45) is 0 Å². The second-order valence-electron chi connectivity index (χ2n) is 5.26. The Labute approximate surface area is 147 Å². The number of nitro groups is 1. The molecule has 0 saturated carbocycles. The van der Waals surface area contributed by atoms with Gasteiger partial charge in [0, 0.05) is 34.5 Å². The van der Waals surface area contributed by atoms with Crippen molar-refractivity contribution in [3.05, 3.63) is 69.7 Å². The Balaban J connectivity index is 1.69. The van der Waals surface area contributed by atoms with E-state index in [0.717, 1.165) is 10.6 Å². The zero-order valence-electron chi connectivity index (χ0n) is 13.0. The maximum Gasteiger partial charge on any atom is 0.271 e. The number of thiazole rings is 1. The van der Waals surface area contributed by atoms with Crippen molar-refractivity contribution in [3.63, 3.8) is 0 Å². The van der Waals surface area contributed by atoms with E-state index in [-0.39, 0.29) is 18.0 Å². The van der Waals surface area contributed by atoms with Crippen LogP contribution in [0.4, 0.5) is 17.1 Å². The standard InChI is InChI=1S/C17H14N4O3S/c18-15-7-2-1-6-14(15)17-20-12(10-25-17)9-16(22)19-11-4-3-5-13(8-11)21(23)24/h1-8,10H,9,18H2,(H,19,22). The molecule has 0 aliphatic heterocycles. The van der Waals surface area contributed by atoms with Gasteiger partial charge in [-0.3, -0.25) is 14.9 Å². The molecule has 25 heavy (non-hydrogen) atoms. The number of nitrogens with one attached hydrogen (secondary N) is 1. The molecule has 0 aliphatic rings. The highest BCUT2D eigenvalue weighted by atomic mass is 32.1. The molecule has 0 fully saturated rings. The van der Waals surface area contributed by atoms with Crippen LogP contribution >= 0.6 is 11.3 Å². The van der Waals surface area contributed by atoms with Gasteiger partial charge in [-0.05, 0) is 18.2 Å². The fourth-order valence-electron chi connectivity index (χ4n) is 2.27. The molecule has 8 heteroatoms. The number of benzene rings is 2. The summed E-state index contributed by atoms with van der Waals surface area (Å²) < 4.78 is 0. The molecule has 0 unspecified atom stereocenters. The van der Waals surface area contributed by atoms with Gasteiger partial charge in [0.15, 0.2) is 0 Å². The molecule has 3 rings (SSSR count). The summed E-state index contributed by atoms with van der Waals surface area (Å²) in [5.74, 6) is -0.293. The number of hydrogen-bond donors (Lipinski definition) is 2. The van der Waals surface area contributed by atoms with E-state index in [9.17, 15) is 14.9 Å². The van der Waals surface area contributed by atoms with Crippen LogP contribution in [0.3, 0.4) is 0 Å². The molecule has 0 atom stereocenters. The van der Waals surface area contributed by atoms with Crippen LogP contribution in [0.5, 0.6) is 0 Å². The Morgan fingerprint density at radius 3 is 2.80 bits per heavy atom. The molecule has 2 aromatic carbocycles. The van der Waals surface area contributed by atoms with Crippen LogP contribution in [-0.2, 0) is 11.2 Å². The van der Waals surface area contributed by atoms with E-state index in [1.807, 2.05) is 18.2 Å². The molecule has 0 aliphatic carbocycles. The highest BCUT2D eigenvalue weighted by Crippen LogP contribution is 2.28. The minimum atomic E-state index is -0.507. The summed E-state index contributed by atoms with van der Waals surface area (Å²) in [7, 11) is 0. The number of nitrogens with two attached hydrogens (primary N) is 1. The van der Waals surface area contributed by atoms with Crippen molar-refractivity contribution in [1.29, 1.82) is 0 Å². The molecule has 0 bridgehead atoms. The van der Waals surface area contributed by atoms with Gasteiger partial charge >= 0.3 is 0 Å². The van der Waals surface area contributed by atoms with Crippen LogP contribution in [0.15, 0.2) is 53.9 Å². The lowest BCUT2D eigenvalue weighted by Crippen LogP contribution is -2.14. The Hall–Kier alpha value is -3.26. The summed E-state index contributed by atoms with van der Waals surface area (Å²) in [4.78, 5) is 26.8. The van der Waals surface area contributed by atoms with Crippen LogP contribution in [0, 0.1) is 10.1 Å². The number of nitrogens with zero attached hydrogens (tertiary/aromatic N) is 2. The van der Waals surface area contributed by atoms with Crippen LogP contribution in [-0.4, -0.2) is 15.8 Å². The number of non-ortho nitro benzene ring substituents is 1. The number of carbonyl (C=O) groups excluding carboxylic acids is 1. The lowest BCUT2D eigenvalue weighted by molar-refractivity contribution is -0.384. The zero-order valence-corrected chi connectivity index (χ0v) is 13.8. The highest BCUT2D eigenvalue weighted by molar-refractivity contribution is 7.13. The van der Waals surface area contributed by atoms with Crippen molar-refractivity contribution in [2.75, 3.05) is 11.1 Å². The van der Waals surface area contributed by atoms with E-state index in [4.69, 9.17) is 5.73 Å². The van der Waals surface area contributed by atoms with Crippen LogP contribution in [0.2, 0.25) is 0 Å². The van der Waals surface area contributed by atoms with Gasteiger partial charge in [0.1, 0.15) is 5.01 Å². The summed E-state index contributed by atoms with van der Waals surface area (Å²) in [5.41, 5.74) is 8.31. The second kappa shape index (κ2) is 7.10. The number of aromatic nitrogens is 1. The van der Waals surface area contributed by atoms with Crippen LogP contribution < -0.4 is 11.1 Å². The van der Waals surface area contributed by atoms with Gasteiger partial charge in [-0.2, -0.15) is 0 Å². The molecule has 0 spiro atoms. The second-order valence-corrected chi connectivity index (χ2v) is 6.12. The zero-order chi connectivity index (χ0) is 17.8. The summed E-state index contributed by atoms with van der Waals surface area (Å²) >= 11 is 1.41. The summed E-state index contributed by atoms with van der Waals surface area (Å²) in [6.07, 6.45) is 0.0753. The molecular weight excluding hydrogens is 340 g/mol. The third kappa shape index (κ3) is 3.99. The van der Waals surface area contributed by atoms with E-state index in [1.165, 1.54) is 29.5 Å². The van der Waals surface area contributed by atoms with Gasteiger partial charge in [-0.25, -0.2) is 4.98 Å². The predicted octanol–water partition coefficient (Wildman–Crippen LogP) is 3.48. The van der Waals surface area contributed by atoms with Gasteiger partial charge in [0.05, 0.1) is 17.0 Å². The maximum absolute atomic E-state index is 12.1. The number of nitrogen functional groups attached to an aromatic ring is 1. The minimum Gasteiger partial charge on any atom is -0.398 e. The quantitative estimate of drug-likeness (QED) is 0.414. The summed E-state index contributed by atoms with van der Waals surface area (Å²) in [5, 5.41) is 16.0. The number of amides is 1. The van der Waals surface area contributed by atoms with Crippen molar-refractivity contribution in [2.45, 2.75) is 6.42 Å². The largest absolute Gasteiger partial charge is 0.398 e. The van der Waals surface area contributed by atoms with E-state index in [0.29, 0.717) is 17.1 Å². The number of hydrogen-bond acceptors (Lipinski definition) is 6. The van der Waals surface area contributed by atoms with Crippen molar-refractivity contribution in [3.8, 4) is 10.6 Å². The first-order chi connectivity index (χ1) is 12.0. The highest BCUT2D eigenvalue weighted by Gasteiger charge is 2.12. The Kier molecular flexibility index (Phi) is 4.71. The number of rotatable bonds is 5. The SMILES string of the molecule is Nc1ccccc1-c1nc(CC(=O)Nc2cccc([N+](=O)[O-])c2)cs1. The van der Waals surface area contributed by atoms with Gasteiger partial charge in [0.2, 0.25) is 5.91 Å². The first kappa shape index (κ1) is 16.6. The Morgan fingerprint density at radius 2 is 2.04 bits per heavy atom. The molecule has 1 amide bonds. The normalized spacial score (nSPS) is 10.4. The molecule has 3 N–H and O–H groups in total. The number of anilines is 2. The minimum absolute atomic E-state index is 0.0753. The molecular formula is C17H14N4O3S. The molecule has 7 nitrogen and oxygen atoms in total. The fraction of sp³-hybridized carbons (Fsp3) is 0.0588. The number of para-hydroxylation sites is 1. The van der Waals surface area contributed by atoms with Gasteiger partial charge in [-0.15, -0.1) is 11.3 Å². The molecule has 0 radical (unpaired) electrons. The van der Waals surface area contributed by atoms with E-state index >= 15 is 0 Å². The lowest BCUT2D eigenvalue weighted by atomic mass is 10.2. The third-order valence-electron chi connectivity index (χ3n) is 3.43. The first-order valence-electron chi connectivity index (χ1n) is 7.36. The fourth-order valence-corrected chi connectivity index (χ4v) is 3.14. The molecule has 0 saturated heterocycles. The Bertz CT molecular complexity index is 939. The maximum atomic E-state index is 12.1. The van der Waals surface area contributed by atoms with Crippen LogP contribution in [0.1, 0.15) is 5.69 Å². The number of nitro benzene ring substituents is 1. The predicted molar refractivity (Wildman–Crippen MR) is 97.4 cm³/mol. The molecule has 1 aromatic heterocycles. The molecule has 126 valence electrons. The lowest BCUT2D eigenvalue weighted by Gasteiger charge is -2.04. The van der Waals surface area contributed by atoms with E-state index in [2.05, 4.69) is 10.3 Å². The van der Waals surface area contributed by atoms with Gasteiger partial charge in [-0.1, -0.05) is 18.2 Å². The smallest absolute Gasteiger partial charge is 0.271 e. The summed E-state index contributed by atoms with van der Waals surface area (Å²) in [6, 6.07) is 13.2. The third-order valence-corrected chi connectivity index (χ3v) is 4.35. The van der Waals surface area contributed by atoms with Gasteiger partial charge in [0.25, 0.3) is 5.69 Å². The van der Waals surface area contributed by atoms with Crippen LogP contribution in [0.25, 0.3) is 10.6 Å². The molecule has 3 aromatic rings. The van der Waals surface area contributed by atoms with Crippen molar-refractivity contribution in [1.82, 2.24) is 4.98 Å². The van der Waals surface area contributed by atoms with Crippen molar-refractivity contribution >= 4 is 34.3 Å². The number of carbonyl (C=O) groups is 1. The monoisotopic (exact) mass is 354 g/mol. The van der Waals surface area contributed by atoms with E-state index in [1.54, 1.807) is 17.5 Å². The Morgan fingerprint density at radius 1 is 1.24 bits per heavy atom. The summed E-state index contributed by atoms with van der Waals surface area (Å²) in [6.45, 7) is 0.